The fraction of sp³-hybridized carbons (Fsp3) is 0.125. The first-order valence-corrected chi connectivity index (χ1v) is 6.70. The molecule has 3 aromatic rings. The van der Waals surface area contributed by atoms with Crippen molar-refractivity contribution in [3.05, 3.63) is 65.0 Å². The fourth-order valence-electron chi connectivity index (χ4n) is 2.31. The minimum absolute atomic E-state index is 0.182. The second kappa shape index (κ2) is 5.42. The predicted octanol–water partition coefficient (Wildman–Crippen LogP) is 3.87. The molecule has 2 aromatic heterocycles. The number of alkyl halides is 3. The molecule has 23 heavy (non-hydrogen) atoms. The molecule has 118 valence electrons. The zero-order valence-corrected chi connectivity index (χ0v) is 11.7. The highest BCUT2D eigenvalue weighted by Gasteiger charge is 2.31. The molecule has 0 unspecified atom stereocenters. The van der Waals surface area contributed by atoms with Gasteiger partial charge in [0, 0.05) is 23.7 Å². The number of carboxylic acid groups (broad SMARTS) is 1. The second-order valence-electron chi connectivity index (χ2n) is 5.13. The van der Waals surface area contributed by atoms with Gasteiger partial charge in [-0.2, -0.15) is 13.2 Å². The van der Waals surface area contributed by atoms with E-state index in [4.69, 9.17) is 5.11 Å². The average Bonchev–Trinajstić information content (AvgIpc) is 2.88. The number of carboxylic acids is 1. The van der Waals surface area contributed by atoms with Gasteiger partial charge in [0.05, 0.1) is 11.1 Å². The van der Waals surface area contributed by atoms with Crippen LogP contribution in [0.2, 0.25) is 0 Å². The average molecular weight is 320 g/mol. The molecular weight excluding hydrogens is 309 g/mol. The van der Waals surface area contributed by atoms with Gasteiger partial charge in [-0.1, -0.05) is 12.1 Å². The number of hydrogen-bond acceptors (Lipinski definition) is 2. The number of nitrogens with zero attached hydrogens (tertiary/aromatic N) is 1. The number of H-pyrrole nitrogens is 1. The Morgan fingerprint density at radius 3 is 2.48 bits per heavy atom. The number of halogens is 3. The molecule has 0 radical (unpaired) electrons. The van der Waals surface area contributed by atoms with Gasteiger partial charge in [0.1, 0.15) is 5.65 Å². The third-order valence-corrected chi connectivity index (χ3v) is 3.45. The molecule has 0 aliphatic rings. The molecule has 0 aliphatic heterocycles. The number of carbonyl (C=O) groups is 1. The van der Waals surface area contributed by atoms with Gasteiger partial charge in [0.2, 0.25) is 0 Å². The zero-order valence-electron chi connectivity index (χ0n) is 11.7. The van der Waals surface area contributed by atoms with Crippen LogP contribution in [0.1, 0.15) is 27.2 Å². The Morgan fingerprint density at radius 2 is 1.87 bits per heavy atom. The van der Waals surface area contributed by atoms with Crippen LogP contribution in [-0.2, 0) is 12.6 Å². The van der Waals surface area contributed by atoms with Crippen LogP contribution in [0.15, 0.2) is 42.6 Å². The lowest BCUT2D eigenvalue weighted by Crippen LogP contribution is -2.04. The minimum atomic E-state index is -4.43. The summed E-state index contributed by atoms with van der Waals surface area (Å²) >= 11 is 0. The first-order valence-electron chi connectivity index (χ1n) is 6.70. The Morgan fingerprint density at radius 1 is 1.17 bits per heavy atom. The van der Waals surface area contributed by atoms with Crippen molar-refractivity contribution in [3.8, 4) is 0 Å². The predicted molar refractivity (Wildman–Crippen MR) is 77.3 cm³/mol. The maximum absolute atomic E-state index is 12.7. The highest BCUT2D eigenvalue weighted by molar-refractivity contribution is 5.87. The summed E-state index contributed by atoms with van der Waals surface area (Å²) in [7, 11) is 0. The monoisotopic (exact) mass is 320 g/mol. The summed E-state index contributed by atoms with van der Waals surface area (Å²) in [5, 5.41) is 9.23. The number of aromatic carboxylic acids is 1. The van der Waals surface area contributed by atoms with Crippen molar-refractivity contribution in [2.75, 3.05) is 0 Å². The number of aromatic nitrogens is 2. The van der Waals surface area contributed by atoms with Crippen LogP contribution in [0.25, 0.3) is 11.0 Å². The van der Waals surface area contributed by atoms with Gasteiger partial charge >= 0.3 is 12.1 Å². The molecule has 0 fully saturated rings. The van der Waals surface area contributed by atoms with E-state index in [0.29, 0.717) is 23.1 Å². The van der Waals surface area contributed by atoms with Gasteiger partial charge in [0.25, 0.3) is 0 Å². The molecular formula is C16H11F3N2O2. The lowest BCUT2D eigenvalue weighted by atomic mass is 10.1. The largest absolute Gasteiger partial charge is 0.478 e. The first kappa shape index (κ1) is 15.1. The Hall–Kier alpha value is -2.83. The third-order valence-electron chi connectivity index (χ3n) is 3.45. The Kier molecular flexibility index (Phi) is 3.55. The maximum Gasteiger partial charge on any atom is 0.417 e. The van der Waals surface area contributed by atoms with Crippen LogP contribution in [0.3, 0.4) is 0 Å². The molecule has 0 saturated carbocycles. The van der Waals surface area contributed by atoms with Gasteiger partial charge in [0.15, 0.2) is 0 Å². The van der Waals surface area contributed by atoms with Crippen LogP contribution >= 0.6 is 0 Å². The zero-order chi connectivity index (χ0) is 16.6. The van der Waals surface area contributed by atoms with E-state index in [1.807, 2.05) is 0 Å². The van der Waals surface area contributed by atoms with E-state index in [0.717, 1.165) is 17.8 Å². The number of fused-ring (bicyclic) bond motifs is 1. The second-order valence-corrected chi connectivity index (χ2v) is 5.13. The van der Waals surface area contributed by atoms with E-state index in [1.165, 1.54) is 12.1 Å². The first-order chi connectivity index (χ1) is 10.8. The summed E-state index contributed by atoms with van der Waals surface area (Å²) in [5.74, 6) is -1.01. The van der Waals surface area contributed by atoms with Gasteiger partial charge in [-0.05, 0) is 29.8 Å². The number of aromatic amines is 1. The molecule has 0 bridgehead atoms. The van der Waals surface area contributed by atoms with Crippen molar-refractivity contribution in [2.45, 2.75) is 12.6 Å². The lowest BCUT2D eigenvalue weighted by Gasteiger charge is -2.04. The van der Waals surface area contributed by atoms with Crippen LogP contribution in [0, 0.1) is 0 Å². The normalized spacial score (nSPS) is 11.8. The highest BCUT2D eigenvalue weighted by Crippen LogP contribution is 2.30. The maximum atomic E-state index is 12.7. The topological polar surface area (TPSA) is 66.0 Å². The minimum Gasteiger partial charge on any atom is -0.478 e. The van der Waals surface area contributed by atoms with Crippen molar-refractivity contribution in [2.24, 2.45) is 0 Å². The number of pyridine rings is 1. The van der Waals surface area contributed by atoms with Crippen LogP contribution in [-0.4, -0.2) is 21.0 Å². The summed E-state index contributed by atoms with van der Waals surface area (Å²) in [5.41, 5.74) is 1.32. The van der Waals surface area contributed by atoms with Gasteiger partial charge in [-0.15, -0.1) is 0 Å². The Bertz CT molecular complexity index is 867. The quantitative estimate of drug-likeness (QED) is 0.770. The van der Waals surface area contributed by atoms with Gasteiger partial charge < -0.3 is 10.1 Å². The molecule has 0 aliphatic carbocycles. The van der Waals surface area contributed by atoms with E-state index in [2.05, 4.69) is 9.97 Å². The SMILES string of the molecule is O=C(O)c1ccc(Cc2cc3cc(C(F)(F)F)cnc3[nH]2)cc1. The molecule has 1 aromatic carbocycles. The summed E-state index contributed by atoms with van der Waals surface area (Å²) in [6, 6.07) is 8.98. The molecule has 4 nitrogen and oxygen atoms in total. The fourth-order valence-corrected chi connectivity index (χ4v) is 2.31. The number of nitrogens with one attached hydrogen (secondary N) is 1. The van der Waals surface area contributed by atoms with Crippen molar-refractivity contribution >= 4 is 17.0 Å². The number of benzene rings is 1. The summed E-state index contributed by atoms with van der Waals surface area (Å²) in [6.07, 6.45) is -3.19. The summed E-state index contributed by atoms with van der Waals surface area (Å²) in [6.45, 7) is 0. The van der Waals surface area contributed by atoms with E-state index < -0.39 is 17.7 Å². The Labute approximate surface area is 128 Å². The number of hydrogen-bond donors (Lipinski definition) is 2. The smallest absolute Gasteiger partial charge is 0.417 e. The van der Waals surface area contributed by atoms with E-state index in [-0.39, 0.29) is 5.56 Å². The standard InChI is InChI=1S/C16H11F3N2O2/c17-16(18,19)12-6-11-7-13(21-14(11)20-8-12)5-9-1-3-10(4-2-9)15(22)23/h1-4,6-8H,5H2,(H,20,21)(H,22,23). The van der Waals surface area contributed by atoms with Crippen molar-refractivity contribution in [1.82, 2.24) is 9.97 Å². The number of rotatable bonds is 3. The molecule has 0 amide bonds. The van der Waals surface area contributed by atoms with Gasteiger partial charge in [-0.25, -0.2) is 9.78 Å². The summed E-state index contributed by atoms with van der Waals surface area (Å²) in [4.78, 5) is 17.6. The molecule has 7 heteroatoms. The van der Waals surface area contributed by atoms with Crippen molar-refractivity contribution in [1.29, 1.82) is 0 Å². The van der Waals surface area contributed by atoms with E-state index in [1.54, 1.807) is 18.2 Å². The van der Waals surface area contributed by atoms with Crippen LogP contribution < -0.4 is 0 Å². The third kappa shape index (κ3) is 3.18. The van der Waals surface area contributed by atoms with Crippen LogP contribution in [0.4, 0.5) is 13.2 Å². The molecule has 2 heterocycles. The molecule has 0 atom stereocenters. The van der Waals surface area contributed by atoms with Crippen LogP contribution in [0.5, 0.6) is 0 Å². The Balaban J connectivity index is 1.87. The highest BCUT2D eigenvalue weighted by atomic mass is 19.4. The van der Waals surface area contributed by atoms with E-state index >= 15 is 0 Å². The molecule has 3 rings (SSSR count). The molecule has 0 saturated heterocycles. The molecule has 0 spiro atoms. The summed E-state index contributed by atoms with van der Waals surface area (Å²) < 4.78 is 38.0. The van der Waals surface area contributed by atoms with Gasteiger partial charge in [-0.3, -0.25) is 0 Å². The molecule has 2 N–H and O–H groups in total. The van der Waals surface area contributed by atoms with Crippen molar-refractivity contribution < 1.29 is 23.1 Å². The lowest BCUT2D eigenvalue weighted by molar-refractivity contribution is -0.137. The van der Waals surface area contributed by atoms with E-state index in [9.17, 15) is 18.0 Å². The van der Waals surface area contributed by atoms with Crippen molar-refractivity contribution in [3.63, 3.8) is 0 Å².